The van der Waals surface area contributed by atoms with Crippen molar-refractivity contribution in [2.45, 2.75) is 13.0 Å². The SMILES string of the molecule is O=C(NCCC=Cc1ccn[nH]1)OCc1ccccc1. The number of ether oxygens (including phenoxy) is 1. The van der Waals surface area contributed by atoms with E-state index in [4.69, 9.17) is 4.74 Å². The van der Waals surface area contributed by atoms with Crippen LogP contribution >= 0.6 is 0 Å². The van der Waals surface area contributed by atoms with Gasteiger partial charge in [-0.25, -0.2) is 4.79 Å². The Kier molecular flexibility index (Phi) is 5.39. The lowest BCUT2D eigenvalue weighted by Crippen LogP contribution is -2.24. The van der Waals surface area contributed by atoms with Crippen LogP contribution in [0.3, 0.4) is 0 Å². The standard InChI is InChI=1S/C15H17N3O2/c19-15(20-12-13-6-2-1-3-7-13)16-10-5-4-8-14-9-11-17-18-14/h1-4,6-9,11H,5,10,12H2,(H,16,19)(H,17,18). The highest BCUT2D eigenvalue weighted by molar-refractivity contribution is 5.67. The maximum Gasteiger partial charge on any atom is 0.407 e. The summed E-state index contributed by atoms with van der Waals surface area (Å²) >= 11 is 0. The summed E-state index contributed by atoms with van der Waals surface area (Å²) in [5, 5.41) is 9.36. The van der Waals surface area contributed by atoms with Crippen LogP contribution in [0.4, 0.5) is 4.79 Å². The fourth-order valence-electron chi connectivity index (χ4n) is 1.60. The average Bonchev–Trinajstić information content (AvgIpc) is 2.99. The van der Waals surface area contributed by atoms with Gasteiger partial charge in [-0.1, -0.05) is 36.4 Å². The first-order chi connectivity index (χ1) is 9.84. The van der Waals surface area contributed by atoms with Crippen LogP contribution in [0.5, 0.6) is 0 Å². The van der Waals surface area contributed by atoms with E-state index in [2.05, 4.69) is 15.5 Å². The van der Waals surface area contributed by atoms with Gasteiger partial charge in [0, 0.05) is 12.7 Å². The number of amides is 1. The second-order valence-corrected chi connectivity index (χ2v) is 4.19. The van der Waals surface area contributed by atoms with E-state index in [1.165, 1.54) is 0 Å². The van der Waals surface area contributed by atoms with Gasteiger partial charge in [0.25, 0.3) is 0 Å². The van der Waals surface area contributed by atoms with Crippen LogP contribution < -0.4 is 5.32 Å². The van der Waals surface area contributed by atoms with E-state index in [1.807, 2.05) is 48.6 Å². The van der Waals surface area contributed by atoms with Gasteiger partial charge in [0.2, 0.25) is 0 Å². The van der Waals surface area contributed by atoms with Crippen molar-refractivity contribution in [1.82, 2.24) is 15.5 Å². The number of hydrogen-bond acceptors (Lipinski definition) is 3. The van der Waals surface area contributed by atoms with Crippen molar-refractivity contribution in [3.05, 3.63) is 59.9 Å². The molecule has 0 radical (unpaired) electrons. The van der Waals surface area contributed by atoms with Gasteiger partial charge in [0.1, 0.15) is 6.61 Å². The first kappa shape index (κ1) is 13.9. The van der Waals surface area contributed by atoms with Crippen molar-refractivity contribution in [3.63, 3.8) is 0 Å². The number of benzene rings is 1. The quantitative estimate of drug-likeness (QED) is 0.794. The average molecular weight is 271 g/mol. The Hall–Kier alpha value is -2.56. The maximum atomic E-state index is 11.4. The number of carbonyl (C=O) groups is 1. The van der Waals surface area contributed by atoms with Crippen LogP contribution in [0.1, 0.15) is 17.7 Å². The lowest BCUT2D eigenvalue weighted by atomic mass is 10.2. The van der Waals surface area contributed by atoms with Gasteiger partial charge in [-0.05, 0) is 24.1 Å². The molecule has 1 aromatic carbocycles. The molecule has 1 amide bonds. The van der Waals surface area contributed by atoms with Crippen molar-refractivity contribution >= 4 is 12.2 Å². The van der Waals surface area contributed by atoms with E-state index in [9.17, 15) is 4.79 Å². The van der Waals surface area contributed by atoms with Crippen LogP contribution in [0, 0.1) is 0 Å². The Morgan fingerprint density at radius 2 is 2.15 bits per heavy atom. The van der Waals surface area contributed by atoms with E-state index in [0.29, 0.717) is 6.54 Å². The largest absolute Gasteiger partial charge is 0.445 e. The van der Waals surface area contributed by atoms with Gasteiger partial charge in [0.15, 0.2) is 0 Å². The molecule has 0 saturated carbocycles. The number of nitrogens with zero attached hydrogens (tertiary/aromatic N) is 1. The third-order valence-corrected chi connectivity index (χ3v) is 2.61. The fourth-order valence-corrected chi connectivity index (χ4v) is 1.60. The number of nitrogens with one attached hydrogen (secondary N) is 2. The molecule has 2 aromatic rings. The minimum atomic E-state index is -0.399. The highest BCUT2D eigenvalue weighted by Gasteiger charge is 2.00. The third-order valence-electron chi connectivity index (χ3n) is 2.61. The van der Waals surface area contributed by atoms with E-state index in [-0.39, 0.29) is 6.61 Å². The van der Waals surface area contributed by atoms with Crippen LogP contribution in [0.25, 0.3) is 6.08 Å². The summed E-state index contributed by atoms with van der Waals surface area (Å²) in [6.45, 7) is 0.828. The van der Waals surface area contributed by atoms with Gasteiger partial charge < -0.3 is 10.1 Å². The Balaban J connectivity index is 1.58. The van der Waals surface area contributed by atoms with E-state index in [1.54, 1.807) is 6.20 Å². The summed E-state index contributed by atoms with van der Waals surface area (Å²) in [6.07, 6.45) is 5.91. The zero-order valence-corrected chi connectivity index (χ0v) is 11.1. The summed E-state index contributed by atoms with van der Waals surface area (Å²) in [6, 6.07) is 11.5. The molecule has 0 fully saturated rings. The van der Waals surface area contributed by atoms with Crippen molar-refractivity contribution in [3.8, 4) is 0 Å². The molecule has 2 N–H and O–H groups in total. The summed E-state index contributed by atoms with van der Waals surface area (Å²) in [5.74, 6) is 0. The number of rotatable bonds is 6. The molecular formula is C15H17N3O2. The highest BCUT2D eigenvalue weighted by Crippen LogP contribution is 2.00. The number of aromatic nitrogens is 2. The molecule has 20 heavy (non-hydrogen) atoms. The number of H-pyrrole nitrogens is 1. The van der Waals surface area contributed by atoms with Crippen LogP contribution in [0.15, 0.2) is 48.7 Å². The van der Waals surface area contributed by atoms with E-state index < -0.39 is 6.09 Å². The second kappa shape index (κ2) is 7.78. The number of alkyl carbamates (subject to hydrolysis) is 1. The molecule has 0 aliphatic carbocycles. The summed E-state index contributed by atoms with van der Waals surface area (Å²) < 4.78 is 5.09. The monoisotopic (exact) mass is 271 g/mol. The summed E-state index contributed by atoms with van der Waals surface area (Å²) in [4.78, 5) is 11.4. The topological polar surface area (TPSA) is 67.0 Å². The van der Waals surface area contributed by atoms with Crippen LogP contribution in [0.2, 0.25) is 0 Å². The van der Waals surface area contributed by atoms with Crippen molar-refractivity contribution < 1.29 is 9.53 Å². The predicted octanol–water partition coefficient (Wildman–Crippen LogP) is 2.74. The zero-order valence-electron chi connectivity index (χ0n) is 11.1. The van der Waals surface area contributed by atoms with Gasteiger partial charge >= 0.3 is 6.09 Å². The molecule has 0 aliphatic heterocycles. The predicted molar refractivity (Wildman–Crippen MR) is 76.9 cm³/mol. The lowest BCUT2D eigenvalue weighted by Gasteiger charge is -2.05. The van der Waals surface area contributed by atoms with Crippen LogP contribution in [-0.4, -0.2) is 22.8 Å². The molecule has 0 atom stereocenters. The Bertz CT molecular complexity index is 536. The molecule has 5 nitrogen and oxygen atoms in total. The Morgan fingerprint density at radius 3 is 2.90 bits per heavy atom. The molecule has 104 valence electrons. The first-order valence-corrected chi connectivity index (χ1v) is 6.45. The normalized spacial score (nSPS) is 10.6. The van der Waals surface area contributed by atoms with E-state index >= 15 is 0 Å². The van der Waals surface area contributed by atoms with Crippen molar-refractivity contribution in [1.29, 1.82) is 0 Å². The Morgan fingerprint density at radius 1 is 1.30 bits per heavy atom. The molecule has 0 aliphatic rings. The van der Waals surface area contributed by atoms with Gasteiger partial charge in [-0.3, -0.25) is 5.10 Å². The minimum Gasteiger partial charge on any atom is -0.445 e. The summed E-state index contributed by atoms with van der Waals surface area (Å²) in [5.41, 5.74) is 1.92. The lowest BCUT2D eigenvalue weighted by molar-refractivity contribution is 0.140. The van der Waals surface area contributed by atoms with Crippen molar-refractivity contribution in [2.24, 2.45) is 0 Å². The summed E-state index contributed by atoms with van der Waals surface area (Å²) in [7, 11) is 0. The third kappa shape index (κ3) is 4.97. The molecule has 0 bridgehead atoms. The van der Waals surface area contributed by atoms with Gasteiger partial charge in [-0.15, -0.1) is 0 Å². The number of hydrogen-bond donors (Lipinski definition) is 2. The molecule has 2 rings (SSSR count). The number of carbonyl (C=O) groups excluding carboxylic acids is 1. The van der Waals surface area contributed by atoms with Gasteiger partial charge in [0.05, 0.1) is 5.69 Å². The molecule has 5 heteroatoms. The van der Waals surface area contributed by atoms with Crippen LogP contribution in [-0.2, 0) is 11.3 Å². The molecule has 0 spiro atoms. The van der Waals surface area contributed by atoms with Crippen molar-refractivity contribution in [2.75, 3.05) is 6.54 Å². The Labute approximate surface area is 117 Å². The minimum absolute atomic E-state index is 0.288. The molecular weight excluding hydrogens is 254 g/mol. The molecule has 1 aromatic heterocycles. The first-order valence-electron chi connectivity index (χ1n) is 6.45. The molecule has 1 heterocycles. The highest BCUT2D eigenvalue weighted by atomic mass is 16.5. The maximum absolute atomic E-state index is 11.4. The van der Waals surface area contributed by atoms with E-state index in [0.717, 1.165) is 17.7 Å². The molecule has 0 unspecified atom stereocenters. The molecule has 0 saturated heterocycles. The van der Waals surface area contributed by atoms with Gasteiger partial charge in [-0.2, -0.15) is 5.10 Å². The smallest absolute Gasteiger partial charge is 0.407 e. The zero-order chi connectivity index (χ0) is 14.0. The number of aromatic amines is 1. The fraction of sp³-hybridized carbons (Fsp3) is 0.200. The second-order valence-electron chi connectivity index (χ2n) is 4.19.